The van der Waals surface area contributed by atoms with E-state index >= 15 is 0 Å². The third-order valence-electron chi connectivity index (χ3n) is 6.07. The van der Waals surface area contributed by atoms with E-state index in [1.54, 1.807) is 10.8 Å². The molecule has 0 fully saturated rings. The van der Waals surface area contributed by atoms with E-state index in [4.69, 9.17) is 14.4 Å². The van der Waals surface area contributed by atoms with Crippen molar-refractivity contribution in [3.05, 3.63) is 77.0 Å². The van der Waals surface area contributed by atoms with Crippen LogP contribution in [0, 0.1) is 27.7 Å². The minimum absolute atomic E-state index is 0.561. The lowest BCUT2D eigenvalue weighted by molar-refractivity contribution is 0.489. The Balaban J connectivity index is 1.41. The number of aryl methyl sites for hydroxylation is 3. The highest BCUT2D eigenvalue weighted by Crippen LogP contribution is 2.32. The van der Waals surface area contributed by atoms with Crippen LogP contribution in [0.25, 0.3) is 33.5 Å². The maximum Gasteiger partial charge on any atom is 0.257 e. The summed E-state index contributed by atoms with van der Waals surface area (Å²) >= 11 is 1.49. The van der Waals surface area contributed by atoms with Crippen molar-refractivity contribution in [2.24, 2.45) is 0 Å². The number of hydrogen-bond acceptors (Lipinski definition) is 6. The van der Waals surface area contributed by atoms with Crippen LogP contribution < -0.4 is 0 Å². The second-order valence-corrected chi connectivity index (χ2v) is 9.24. The third kappa shape index (κ3) is 3.21. The van der Waals surface area contributed by atoms with E-state index in [-0.39, 0.29) is 0 Å². The largest absolute Gasteiger partial charge is 0.431 e. The van der Waals surface area contributed by atoms with Crippen molar-refractivity contribution in [2.75, 3.05) is 0 Å². The van der Waals surface area contributed by atoms with Gasteiger partial charge in [-0.1, -0.05) is 41.6 Å². The average molecular weight is 455 g/mol. The summed E-state index contributed by atoms with van der Waals surface area (Å²) in [6, 6.07) is 14.3. The van der Waals surface area contributed by atoms with E-state index in [9.17, 15) is 0 Å². The molecule has 0 saturated heterocycles. The quantitative estimate of drug-likeness (QED) is 0.317. The summed E-state index contributed by atoms with van der Waals surface area (Å²) in [5.41, 5.74) is 9.27. The van der Waals surface area contributed by atoms with Crippen LogP contribution in [0.3, 0.4) is 0 Å². The zero-order valence-corrected chi connectivity index (χ0v) is 19.6. The molecule has 0 aliphatic rings. The first-order valence-electron chi connectivity index (χ1n) is 10.8. The molecule has 4 heterocycles. The fourth-order valence-electron chi connectivity index (χ4n) is 4.36. The number of rotatable bonds is 4. The Labute approximate surface area is 194 Å². The summed E-state index contributed by atoms with van der Waals surface area (Å²) in [5, 5.41) is 6.30. The van der Waals surface area contributed by atoms with Crippen molar-refractivity contribution >= 4 is 39.5 Å². The molecule has 4 aromatic heterocycles. The topological polar surface area (TPSA) is 74.0 Å². The molecule has 0 saturated carbocycles. The molecule has 0 spiro atoms. The molecular formula is C25H22N6OS. The van der Waals surface area contributed by atoms with Crippen LogP contribution in [-0.4, -0.2) is 29.1 Å². The molecule has 0 radical (unpaired) electrons. The van der Waals surface area contributed by atoms with Gasteiger partial charge in [0.05, 0.1) is 16.8 Å². The number of hydrogen-bond donors (Lipinski definition) is 0. The Morgan fingerprint density at radius 3 is 2.64 bits per heavy atom. The maximum atomic E-state index is 5.81. The second kappa shape index (κ2) is 7.45. The molecule has 8 heteroatoms. The van der Waals surface area contributed by atoms with Gasteiger partial charge in [-0.15, -0.1) is 5.10 Å². The molecule has 7 nitrogen and oxygen atoms in total. The number of benzene rings is 2. The molecule has 0 unspecified atom stereocenters. The van der Waals surface area contributed by atoms with Gasteiger partial charge in [0, 0.05) is 5.69 Å². The minimum Gasteiger partial charge on any atom is -0.431 e. The van der Waals surface area contributed by atoms with E-state index in [0.29, 0.717) is 16.8 Å². The molecule has 6 rings (SSSR count). The lowest BCUT2D eigenvalue weighted by Crippen LogP contribution is -2.01. The van der Waals surface area contributed by atoms with Crippen LogP contribution in [-0.2, 0) is 5.75 Å². The fraction of sp³-hybridized carbons (Fsp3) is 0.200. The van der Waals surface area contributed by atoms with E-state index < -0.39 is 0 Å². The number of aromatic nitrogens is 6. The van der Waals surface area contributed by atoms with E-state index in [2.05, 4.69) is 60.5 Å². The zero-order chi connectivity index (χ0) is 22.7. The summed E-state index contributed by atoms with van der Waals surface area (Å²) < 4.78 is 9.80. The zero-order valence-electron chi connectivity index (χ0n) is 18.8. The first kappa shape index (κ1) is 20.0. The van der Waals surface area contributed by atoms with E-state index in [1.165, 1.54) is 22.9 Å². The summed E-state index contributed by atoms with van der Waals surface area (Å²) in [4.78, 5) is 14.2. The Morgan fingerprint density at radius 2 is 1.82 bits per heavy atom. The first-order valence-corrected chi connectivity index (χ1v) is 11.8. The smallest absolute Gasteiger partial charge is 0.257 e. The summed E-state index contributed by atoms with van der Waals surface area (Å²) in [6.07, 6.45) is 1.75. The number of para-hydroxylation sites is 2. The van der Waals surface area contributed by atoms with Crippen LogP contribution in [0.1, 0.15) is 28.2 Å². The highest BCUT2D eigenvalue weighted by Gasteiger charge is 2.20. The Bertz CT molecular complexity index is 1640. The van der Waals surface area contributed by atoms with Gasteiger partial charge in [-0.25, -0.2) is 19.5 Å². The van der Waals surface area contributed by atoms with Crippen molar-refractivity contribution in [2.45, 2.75) is 38.7 Å². The molecule has 0 bridgehead atoms. The van der Waals surface area contributed by atoms with Gasteiger partial charge in [-0.05, 0) is 57.0 Å². The first-order chi connectivity index (χ1) is 16.0. The molecule has 0 amide bonds. The van der Waals surface area contributed by atoms with Crippen molar-refractivity contribution in [3.8, 4) is 5.69 Å². The van der Waals surface area contributed by atoms with Crippen LogP contribution in [0.15, 0.2) is 58.4 Å². The molecule has 0 aliphatic carbocycles. The van der Waals surface area contributed by atoms with Crippen molar-refractivity contribution < 1.29 is 4.42 Å². The predicted molar refractivity (Wildman–Crippen MR) is 130 cm³/mol. The molecule has 0 atom stereocenters. The van der Waals surface area contributed by atoms with Crippen molar-refractivity contribution in [1.29, 1.82) is 0 Å². The van der Waals surface area contributed by atoms with E-state index in [1.807, 2.05) is 24.3 Å². The molecule has 6 aromatic rings. The van der Waals surface area contributed by atoms with Crippen LogP contribution in [0.5, 0.6) is 0 Å². The van der Waals surface area contributed by atoms with Gasteiger partial charge in [0.1, 0.15) is 11.8 Å². The second-order valence-electron chi connectivity index (χ2n) is 8.31. The molecule has 33 heavy (non-hydrogen) atoms. The highest BCUT2D eigenvalue weighted by molar-refractivity contribution is 7.98. The van der Waals surface area contributed by atoms with Gasteiger partial charge in [0.25, 0.3) is 5.22 Å². The molecule has 2 aromatic carbocycles. The third-order valence-corrected chi connectivity index (χ3v) is 6.89. The Kier molecular flexibility index (Phi) is 4.51. The lowest BCUT2D eigenvalue weighted by atomic mass is 10.1. The van der Waals surface area contributed by atoms with E-state index in [0.717, 1.165) is 44.7 Å². The van der Waals surface area contributed by atoms with Gasteiger partial charge in [0.15, 0.2) is 22.7 Å². The summed E-state index contributed by atoms with van der Waals surface area (Å²) in [7, 11) is 0. The highest BCUT2D eigenvalue weighted by atomic mass is 32.2. The normalized spacial score (nSPS) is 11.9. The van der Waals surface area contributed by atoms with Gasteiger partial charge in [-0.2, -0.15) is 0 Å². The lowest BCUT2D eigenvalue weighted by Gasteiger charge is -2.12. The SMILES string of the molecule is Cc1ccc(-n2c(C)c(C)c3c2ncn2nc(CSc4nc5ccccc5o4)nc32)c(C)c1. The maximum absolute atomic E-state index is 5.81. The molecule has 164 valence electrons. The Hall–Kier alpha value is -3.65. The predicted octanol–water partition coefficient (Wildman–Crippen LogP) is 5.74. The monoisotopic (exact) mass is 454 g/mol. The van der Waals surface area contributed by atoms with Gasteiger partial charge in [-0.3, -0.25) is 4.57 Å². The number of oxazole rings is 1. The van der Waals surface area contributed by atoms with Crippen LogP contribution in [0.4, 0.5) is 0 Å². The van der Waals surface area contributed by atoms with Gasteiger partial charge in [0.2, 0.25) is 0 Å². The van der Waals surface area contributed by atoms with Crippen molar-refractivity contribution in [3.63, 3.8) is 0 Å². The van der Waals surface area contributed by atoms with Crippen LogP contribution in [0.2, 0.25) is 0 Å². The summed E-state index contributed by atoms with van der Waals surface area (Å²) in [5.74, 6) is 1.28. The number of nitrogens with zero attached hydrogens (tertiary/aromatic N) is 6. The summed E-state index contributed by atoms with van der Waals surface area (Å²) in [6.45, 7) is 8.51. The molecule has 0 aliphatic heterocycles. The standard InChI is InChI=1S/C25H22N6OS/c1-14-9-10-19(15(2)11-14)31-17(4)16(3)22-23(31)26-13-30-24(22)28-21(29-30)12-33-25-27-18-7-5-6-8-20(18)32-25/h5-11,13H,12H2,1-4H3. The number of fused-ring (bicyclic) bond motifs is 4. The fourth-order valence-corrected chi connectivity index (χ4v) is 5.04. The van der Waals surface area contributed by atoms with Crippen LogP contribution >= 0.6 is 11.8 Å². The minimum atomic E-state index is 0.561. The van der Waals surface area contributed by atoms with Gasteiger partial charge >= 0.3 is 0 Å². The molecular weight excluding hydrogens is 432 g/mol. The molecule has 0 N–H and O–H groups in total. The number of thioether (sulfide) groups is 1. The van der Waals surface area contributed by atoms with Crippen molar-refractivity contribution in [1.82, 2.24) is 29.1 Å². The average Bonchev–Trinajstić information content (AvgIpc) is 3.47. The Morgan fingerprint density at radius 1 is 0.970 bits per heavy atom. The van der Waals surface area contributed by atoms with Gasteiger partial charge < -0.3 is 4.42 Å².